The molecule has 0 aromatic heterocycles. The number of hydrogen-bond acceptors (Lipinski definition) is 3. The van der Waals surface area contributed by atoms with Crippen LogP contribution in [-0.4, -0.2) is 25.5 Å². The van der Waals surface area contributed by atoms with Gasteiger partial charge in [0.2, 0.25) is 0 Å². The molecular formula is C8H19NO2. The van der Waals surface area contributed by atoms with E-state index in [-0.39, 0.29) is 6.10 Å². The maximum absolute atomic E-state index is 5.74. The van der Waals surface area contributed by atoms with Gasteiger partial charge in [0.25, 0.3) is 0 Å². The summed E-state index contributed by atoms with van der Waals surface area (Å²) in [7, 11) is 1.66. The van der Waals surface area contributed by atoms with Gasteiger partial charge in [-0.25, -0.2) is 0 Å². The van der Waals surface area contributed by atoms with Gasteiger partial charge in [0.15, 0.2) is 0 Å². The van der Waals surface area contributed by atoms with Crippen molar-refractivity contribution >= 4 is 0 Å². The molecule has 3 nitrogen and oxygen atoms in total. The van der Waals surface area contributed by atoms with Crippen molar-refractivity contribution in [2.45, 2.75) is 39.0 Å². The molecule has 2 unspecified atom stereocenters. The maximum atomic E-state index is 5.74. The molecule has 0 radical (unpaired) electrons. The van der Waals surface area contributed by atoms with E-state index in [1.54, 1.807) is 7.11 Å². The number of hydrogen-bond donors (Lipinski definition) is 1. The van der Waals surface area contributed by atoms with Gasteiger partial charge >= 0.3 is 0 Å². The van der Waals surface area contributed by atoms with Gasteiger partial charge in [-0.1, -0.05) is 6.92 Å². The zero-order valence-corrected chi connectivity index (χ0v) is 7.89. The predicted octanol–water partition coefficient (Wildman–Crippen LogP) is 1.12. The van der Waals surface area contributed by atoms with Crippen molar-refractivity contribution in [2.24, 2.45) is 5.73 Å². The zero-order chi connectivity index (χ0) is 8.91. The Labute approximate surface area is 68.9 Å². The van der Waals surface area contributed by atoms with Crippen molar-refractivity contribution in [3.05, 3.63) is 0 Å². The summed E-state index contributed by atoms with van der Waals surface area (Å²) in [4.78, 5) is 0. The third kappa shape index (κ3) is 5.18. The lowest BCUT2D eigenvalue weighted by atomic mass is 10.2. The van der Waals surface area contributed by atoms with Crippen LogP contribution in [-0.2, 0) is 9.47 Å². The van der Waals surface area contributed by atoms with Gasteiger partial charge in [-0.05, 0) is 20.3 Å². The molecule has 0 aliphatic carbocycles. The Hall–Kier alpha value is -0.120. The molecule has 0 fully saturated rings. The summed E-state index contributed by atoms with van der Waals surface area (Å²) in [5.41, 5.74) is 5.23. The molecule has 0 aliphatic rings. The first-order valence-electron chi connectivity index (χ1n) is 3.97. The van der Waals surface area contributed by atoms with Gasteiger partial charge in [0.05, 0.1) is 12.7 Å². The summed E-state index contributed by atoms with van der Waals surface area (Å²) in [6.45, 7) is 6.37. The third-order valence-corrected chi connectivity index (χ3v) is 1.75. The van der Waals surface area contributed by atoms with Gasteiger partial charge < -0.3 is 15.2 Å². The highest BCUT2D eigenvalue weighted by atomic mass is 16.5. The minimum absolute atomic E-state index is 0.115. The van der Waals surface area contributed by atoms with Gasteiger partial charge in [-0.2, -0.15) is 0 Å². The van der Waals surface area contributed by atoms with E-state index in [2.05, 4.69) is 0 Å². The fourth-order valence-corrected chi connectivity index (χ4v) is 0.478. The Morgan fingerprint density at radius 3 is 2.45 bits per heavy atom. The van der Waals surface area contributed by atoms with E-state index < -0.39 is 5.72 Å². The van der Waals surface area contributed by atoms with Gasteiger partial charge in [0.1, 0.15) is 5.72 Å². The maximum Gasteiger partial charge on any atom is 0.113 e. The molecule has 0 heterocycles. The van der Waals surface area contributed by atoms with Crippen molar-refractivity contribution in [1.29, 1.82) is 0 Å². The minimum atomic E-state index is -0.507. The lowest BCUT2D eigenvalue weighted by Gasteiger charge is -2.24. The van der Waals surface area contributed by atoms with Gasteiger partial charge in [-0.3, -0.25) is 0 Å². The lowest BCUT2D eigenvalue weighted by molar-refractivity contribution is -0.0729. The van der Waals surface area contributed by atoms with E-state index in [9.17, 15) is 0 Å². The Morgan fingerprint density at radius 1 is 1.55 bits per heavy atom. The molecule has 0 aromatic rings. The van der Waals surface area contributed by atoms with Crippen molar-refractivity contribution in [3.63, 3.8) is 0 Å². The van der Waals surface area contributed by atoms with Crippen LogP contribution in [0.15, 0.2) is 0 Å². The van der Waals surface area contributed by atoms with Crippen molar-refractivity contribution in [1.82, 2.24) is 0 Å². The summed E-state index contributed by atoms with van der Waals surface area (Å²) in [6.07, 6.45) is 0.924. The van der Waals surface area contributed by atoms with Crippen molar-refractivity contribution < 1.29 is 9.47 Å². The van der Waals surface area contributed by atoms with Gasteiger partial charge in [0, 0.05) is 7.11 Å². The molecule has 0 spiro atoms. The molecule has 11 heavy (non-hydrogen) atoms. The van der Waals surface area contributed by atoms with Crippen molar-refractivity contribution in [2.75, 3.05) is 13.7 Å². The average molecular weight is 161 g/mol. The van der Waals surface area contributed by atoms with Crippen LogP contribution >= 0.6 is 0 Å². The highest BCUT2D eigenvalue weighted by Gasteiger charge is 2.16. The molecule has 0 bridgehead atoms. The largest absolute Gasteiger partial charge is 0.379 e. The normalized spacial score (nSPS) is 19.4. The van der Waals surface area contributed by atoms with Crippen LogP contribution < -0.4 is 5.73 Å². The summed E-state index contributed by atoms with van der Waals surface area (Å²) in [6, 6.07) is 0. The van der Waals surface area contributed by atoms with E-state index in [0.29, 0.717) is 6.61 Å². The summed E-state index contributed by atoms with van der Waals surface area (Å²) in [5, 5.41) is 0. The van der Waals surface area contributed by atoms with Gasteiger partial charge in [-0.15, -0.1) is 0 Å². The van der Waals surface area contributed by atoms with E-state index >= 15 is 0 Å². The zero-order valence-electron chi connectivity index (χ0n) is 7.89. The van der Waals surface area contributed by atoms with Crippen LogP contribution in [0.25, 0.3) is 0 Å². The lowest BCUT2D eigenvalue weighted by Crippen LogP contribution is -2.40. The molecule has 3 heteroatoms. The predicted molar refractivity (Wildman–Crippen MR) is 45.3 cm³/mol. The molecule has 68 valence electrons. The number of nitrogens with two attached hydrogens (primary N) is 1. The summed E-state index contributed by atoms with van der Waals surface area (Å²) >= 11 is 0. The van der Waals surface area contributed by atoms with Crippen LogP contribution in [0.5, 0.6) is 0 Å². The average Bonchev–Trinajstić information content (AvgIpc) is 2.00. The van der Waals surface area contributed by atoms with Crippen LogP contribution in [0.3, 0.4) is 0 Å². The van der Waals surface area contributed by atoms with Crippen molar-refractivity contribution in [3.8, 4) is 0 Å². The van der Waals surface area contributed by atoms with Crippen LogP contribution in [0.4, 0.5) is 0 Å². The Morgan fingerprint density at radius 2 is 2.09 bits per heavy atom. The van der Waals surface area contributed by atoms with E-state index in [1.165, 1.54) is 0 Å². The highest BCUT2D eigenvalue weighted by molar-refractivity contribution is 4.63. The smallest absolute Gasteiger partial charge is 0.113 e. The SMILES string of the molecule is CCC(C)(N)OCC(C)OC. The highest BCUT2D eigenvalue weighted by Crippen LogP contribution is 2.07. The fraction of sp³-hybridized carbons (Fsp3) is 1.00. The first-order valence-corrected chi connectivity index (χ1v) is 3.97. The third-order valence-electron chi connectivity index (χ3n) is 1.75. The second-order valence-corrected chi connectivity index (χ2v) is 3.02. The molecule has 0 saturated carbocycles. The Balaban J connectivity index is 3.52. The quantitative estimate of drug-likeness (QED) is 0.614. The molecule has 0 amide bonds. The Bertz CT molecular complexity index is 104. The van der Waals surface area contributed by atoms with Crippen LogP contribution in [0.1, 0.15) is 27.2 Å². The minimum Gasteiger partial charge on any atom is -0.379 e. The van der Waals surface area contributed by atoms with E-state index in [1.807, 2.05) is 20.8 Å². The second kappa shape index (κ2) is 4.70. The molecule has 2 N–H and O–H groups in total. The summed E-state index contributed by atoms with van der Waals surface area (Å²) < 4.78 is 10.4. The topological polar surface area (TPSA) is 44.5 Å². The number of ether oxygens (including phenoxy) is 2. The molecule has 0 aliphatic heterocycles. The molecule has 0 aromatic carbocycles. The second-order valence-electron chi connectivity index (χ2n) is 3.02. The first kappa shape index (κ1) is 10.9. The molecule has 0 saturated heterocycles. The van der Waals surface area contributed by atoms with E-state index in [0.717, 1.165) is 6.42 Å². The van der Waals surface area contributed by atoms with Crippen LogP contribution in [0.2, 0.25) is 0 Å². The summed E-state index contributed by atoms with van der Waals surface area (Å²) in [5.74, 6) is 0. The Kier molecular flexibility index (Phi) is 4.65. The monoisotopic (exact) mass is 161 g/mol. The molecule has 2 atom stereocenters. The number of methoxy groups -OCH3 is 1. The molecular weight excluding hydrogens is 142 g/mol. The first-order chi connectivity index (χ1) is 5.02. The molecule has 0 rings (SSSR count). The standard InChI is InChI=1S/C8H19NO2/c1-5-8(3,9)11-6-7(2)10-4/h7H,5-6,9H2,1-4H3. The van der Waals surface area contributed by atoms with E-state index in [4.69, 9.17) is 15.2 Å². The van der Waals surface area contributed by atoms with Crippen LogP contribution in [0, 0.1) is 0 Å². The fourth-order valence-electron chi connectivity index (χ4n) is 0.478. The number of rotatable bonds is 5.